The first-order chi connectivity index (χ1) is 10.6. The Labute approximate surface area is 127 Å². The lowest BCUT2D eigenvalue weighted by atomic mass is 9.99. The molecule has 0 spiro atoms. The van der Waals surface area contributed by atoms with Crippen molar-refractivity contribution >= 4 is 21.5 Å². The van der Waals surface area contributed by atoms with Crippen molar-refractivity contribution in [2.24, 2.45) is 0 Å². The molecule has 0 aliphatic rings. The van der Waals surface area contributed by atoms with Gasteiger partial charge in [0.05, 0.1) is 21.3 Å². The third kappa shape index (κ3) is 1.94. The molecule has 0 atom stereocenters. The van der Waals surface area contributed by atoms with E-state index >= 15 is 0 Å². The van der Waals surface area contributed by atoms with E-state index in [0.717, 1.165) is 16.2 Å². The van der Waals surface area contributed by atoms with E-state index in [0.29, 0.717) is 22.6 Å². The van der Waals surface area contributed by atoms with Crippen LogP contribution in [0.4, 0.5) is 0 Å². The van der Waals surface area contributed by atoms with Crippen molar-refractivity contribution < 1.29 is 24.4 Å². The van der Waals surface area contributed by atoms with Gasteiger partial charge in [-0.2, -0.15) is 0 Å². The molecule has 5 heteroatoms. The lowest BCUT2D eigenvalue weighted by Crippen LogP contribution is -1.96. The number of hydrogen-bond donors (Lipinski definition) is 2. The molecule has 0 amide bonds. The minimum Gasteiger partial charge on any atom is -0.508 e. The Morgan fingerprint density at radius 1 is 0.773 bits per heavy atom. The van der Waals surface area contributed by atoms with Gasteiger partial charge in [-0.1, -0.05) is 0 Å². The van der Waals surface area contributed by atoms with E-state index in [-0.39, 0.29) is 11.5 Å². The second-order valence-electron chi connectivity index (χ2n) is 4.87. The summed E-state index contributed by atoms with van der Waals surface area (Å²) in [6.07, 6.45) is 0. The molecule has 0 saturated heterocycles. The zero-order chi connectivity index (χ0) is 15.9. The summed E-state index contributed by atoms with van der Waals surface area (Å²) in [6, 6.07) is 8.21. The van der Waals surface area contributed by atoms with E-state index in [4.69, 9.17) is 14.2 Å². The molecule has 0 radical (unpaired) electrons. The molecule has 2 N–H and O–H groups in total. The molecule has 3 aromatic rings. The van der Waals surface area contributed by atoms with Gasteiger partial charge in [0.25, 0.3) is 0 Å². The summed E-state index contributed by atoms with van der Waals surface area (Å²) < 4.78 is 16.3. The van der Waals surface area contributed by atoms with Crippen LogP contribution in [0.5, 0.6) is 28.7 Å². The minimum atomic E-state index is 0.0765. The second-order valence-corrected chi connectivity index (χ2v) is 4.87. The van der Waals surface area contributed by atoms with Gasteiger partial charge in [0.1, 0.15) is 11.5 Å². The van der Waals surface area contributed by atoms with Crippen LogP contribution in [0, 0.1) is 0 Å². The maximum absolute atomic E-state index is 10.2. The van der Waals surface area contributed by atoms with E-state index in [1.807, 2.05) is 0 Å². The maximum atomic E-state index is 10.2. The van der Waals surface area contributed by atoms with Gasteiger partial charge >= 0.3 is 0 Å². The van der Waals surface area contributed by atoms with Crippen LogP contribution >= 0.6 is 0 Å². The lowest BCUT2D eigenvalue weighted by molar-refractivity contribution is 0.327. The first kappa shape index (κ1) is 14.1. The predicted molar refractivity (Wildman–Crippen MR) is 84.4 cm³/mol. The average molecular weight is 300 g/mol. The second kappa shape index (κ2) is 5.18. The lowest BCUT2D eigenvalue weighted by Gasteiger charge is -2.16. The van der Waals surface area contributed by atoms with Gasteiger partial charge in [0.15, 0.2) is 11.5 Å². The summed E-state index contributed by atoms with van der Waals surface area (Å²) in [5.41, 5.74) is 0. The minimum absolute atomic E-state index is 0.0765. The van der Waals surface area contributed by atoms with Crippen LogP contribution in [-0.2, 0) is 0 Å². The van der Waals surface area contributed by atoms with Gasteiger partial charge in [0, 0.05) is 10.8 Å². The van der Waals surface area contributed by atoms with E-state index in [9.17, 15) is 10.2 Å². The summed E-state index contributed by atoms with van der Waals surface area (Å²) >= 11 is 0. The zero-order valence-corrected chi connectivity index (χ0v) is 12.5. The van der Waals surface area contributed by atoms with Crippen LogP contribution in [-0.4, -0.2) is 31.5 Å². The van der Waals surface area contributed by atoms with E-state index in [2.05, 4.69) is 0 Å². The molecule has 0 bridgehead atoms. The third-order valence-corrected chi connectivity index (χ3v) is 3.70. The van der Waals surface area contributed by atoms with E-state index in [1.165, 1.54) is 6.07 Å². The highest BCUT2D eigenvalue weighted by Gasteiger charge is 2.19. The molecular weight excluding hydrogens is 284 g/mol. The zero-order valence-electron chi connectivity index (χ0n) is 12.5. The Kier molecular flexibility index (Phi) is 3.33. The fraction of sp³-hybridized carbons (Fsp3) is 0.176. The Bertz CT molecular complexity index is 870. The highest BCUT2D eigenvalue weighted by molar-refractivity contribution is 6.14. The first-order valence-electron chi connectivity index (χ1n) is 6.68. The number of ether oxygens (including phenoxy) is 3. The summed E-state index contributed by atoms with van der Waals surface area (Å²) in [7, 11) is 4.64. The van der Waals surface area contributed by atoms with Crippen LogP contribution < -0.4 is 14.2 Å². The van der Waals surface area contributed by atoms with E-state index < -0.39 is 0 Å². The molecule has 3 rings (SSSR count). The SMILES string of the molecule is COc1cc2cc(O)c3cc(O)ccc3c2c(OC)c1OC. The standard InChI is InChI=1S/C17H16O5/c1-20-14-7-9-6-13(19)12-8-10(18)4-5-11(12)15(9)17(22-3)16(14)21-2/h4-8,18-19H,1-3H3. The number of rotatable bonds is 3. The third-order valence-electron chi connectivity index (χ3n) is 3.70. The largest absolute Gasteiger partial charge is 0.508 e. The van der Waals surface area contributed by atoms with Crippen molar-refractivity contribution in [3.05, 3.63) is 30.3 Å². The van der Waals surface area contributed by atoms with Crippen LogP contribution in [0.3, 0.4) is 0 Å². The molecule has 0 aliphatic heterocycles. The van der Waals surface area contributed by atoms with Gasteiger partial charge in [-0.25, -0.2) is 0 Å². The highest BCUT2D eigenvalue weighted by atomic mass is 16.5. The molecule has 0 aliphatic carbocycles. The topological polar surface area (TPSA) is 68.2 Å². The maximum Gasteiger partial charge on any atom is 0.203 e. The number of benzene rings is 3. The van der Waals surface area contributed by atoms with Crippen molar-refractivity contribution in [1.82, 2.24) is 0 Å². The van der Waals surface area contributed by atoms with Crippen LogP contribution in [0.25, 0.3) is 21.5 Å². The van der Waals surface area contributed by atoms with Gasteiger partial charge in [-0.05, 0) is 41.1 Å². The number of hydrogen-bond acceptors (Lipinski definition) is 5. The van der Waals surface area contributed by atoms with Crippen LogP contribution in [0.15, 0.2) is 30.3 Å². The number of fused-ring (bicyclic) bond motifs is 3. The number of methoxy groups -OCH3 is 3. The molecule has 0 fully saturated rings. The Hall–Kier alpha value is -2.82. The molecule has 5 nitrogen and oxygen atoms in total. The van der Waals surface area contributed by atoms with E-state index in [1.54, 1.807) is 45.6 Å². The predicted octanol–water partition coefficient (Wildman–Crippen LogP) is 3.43. The normalized spacial score (nSPS) is 10.9. The fourth-order valence-corrected chi connectivity index (χ4v) is 2.75. The van der Waals surface area contributed by atoms with Crippen molar-refractivity contribution in [3.8, 4) is 28.7 Å². The number of phenolic OH excluding ortho intramolecular Hbond substituents is 2. The highest BCUT2D eigenvalue weighted by Crippen LogP contribution is 2.47. The molecule has 0 unspecified atom stereocenters. The van der Waals surface area contributed by atoms with Gasteiger partial charge in [0.2, 0.25) is 5.75 Å². The van der Waals surface area contributed by atoms with Crippen molar-refractivity contribution in [3.63, 3.8) is 0 Å². The Balaban J connectivity index is 2.56. The number of aromatic hydroxyl groups is 2. The quantitative estimate of drug-likeness (QED) is 0.725. The molecular formula is C17H16O5. The summed E-state index contributed by atoms with van der Waals surface area (Å²) in [5.74, 6) is 1.68. The van der Waals surface area contributed by atoms with Crippen LogP contribution in [0.2, 0.25) is 0 Å². The first-order valence-corrected chi connectivity index (χ1v) is 6.68. The molecule has 3 aromatic carbocycles. The molecule has 22 heavy (non-hydrogen) atoms. The van der Waals surface area contributed by atoms with Gasteiger partial charge in [-0.15, -0.1) is 0 Å². The molecule has 0 saturated carbocycles. The van der Waals surface area contributed by atoms with Crippen molar-refractivity contribution in [1.29, 1.82) is 0 Å². The summed E-state index contributed by atoms with van der Waals surface area (Å²) in [6.45, 7) is 0. The Morgan fingerprint density at radius 3 is 2.14 bits per heavy atom. The van der Waals surface area contributed by atoms with Gasteiger partial charge in [-0.3, -0.25) is 0 Å². The molecule has 0 heterocycles. The average Bonchev–Trinajstić information content (AvgIpc) is 2.53. The summed E-state index contributed by atoms with van der Waals surface area (Å²) in [5, 5.41) is 22.7. The van der Waals surface area contributed by atoms with Crippen molar-refractivity contribution in [2.45, 2.75) is 0 Å². The Morgan fingerprint density at radius 2 is 1.50 bits per heavy atom. The molecule has 0 aromatic heterocycles. The monoisotopic (exact) mass is 300 g/mol. The fourth-order valence-electron chi connectivity index (χ4n) is 2.75. The summed E-state index contributed by atoms with van der Waals surface area (Å²) in [4.78, 5) is 0. The number of phenols is 2. The van der Waals surface area contributed by atoms with Crippen LogP contribution in [0.1, 0.15) is 0 Å². The van der Waals surface area contributed by atoms with Crippen molar-refractivity contribution in [2.75, 3.05) is 21.3 Å². The smallest absolute Gasteiger partial charge is 0.203 e. The van der Waals surface area contributed by atoms with Gasteiger partial charge < -0.3 is 24.4 Å². The molecule has 114 valence electrons.